The number of piperidine rings is 1. The van der Waals surface area contributed by atoms with Gasteiger partial charge >= 0.3 is 6.18 Å². The highest BCUT2D eigenvalue weighted by Crippen LogP contribution is 2.41. The van der Waals surface area contributed by atoms with E-state index in [1.54, 1.807) is 11.8 Å². The van der Waals surface area contributed by atoms with Gasteiger partial charge in [-0.3, -0.25) is 9.69 Å². The third-order valence-electron chi connectivity index (χ3n) is 7.57. The molecule has 0 radical (unpaired) electrons. The number of likely N-dealkylation sites (tertiary alicyclic amines) is 1. The molecule has 8 heteroatoms. The molecule has 0 bridgehead atoms. The maximum Gasteiger partial charge on any atom is 0.417 e. The molecule has 200 valence electrons. The van der Waals surface area contributed by atoms with E-state index in [2.05, 4.69) is 45.5 Å². The van der Waals surface area contributed by atoms with Crippen LogP contribution < -0.4 is 10.2 Å². The average Bonchev–Trinajstić information content (AvgIpc) is 2.89. The Bertz CT molecular complexity index is 1270. The van der Waals surface area contributed by atoms with Crippen molar-refractivity contribution in [2.45, 2.75) is 64.3 Å². The van der Waals surface area contributed by atoms with Crippen LogP contribution in [0.1, 0.15) is 62.3 Å². The molecule has 5 rings (SSSR count). The highest BCUT2D eigenvalue weighted by molar-refractivity contribution is 5.94. The van der Waals surface area contributed by atoms with Gasteiger partial charge < -0.3 is 10.2 Å². The van der Waals surface area contributed by atoms with Crippen LogP contribution in [0.4, 0.5) is 24.7 Å². The number of halogens is 3. The first-order chi connectivity index (χ1) is 18.2. The molecule has 2 atom stereocenters. The third kappa shape index (κ3) is 5.70. The summed E-state index contributed by atoms with van der Waals surface area (Å²) in [6.45, 7) is 6.80. The fourth-order valence-corrected chi connectivity index (χ4v) is 5.66. The van der Waals surface area contributed by atoms with Crippen LogP contribution in [-0.4, -0.2) is 34.9 Å². The number of hydrogen-bond donors (Lipinski definition) is 1. The Morgan fingerprint density at radius 3 is 2.34 bits per heavy atom. The highest BCUT2D eigenvalue weighted by Gasteiger charge is 2.34. The molecule has 0 aliphatic carbocycles. The molecule has 1 saturated heterocycles. The molecule has 0 unspecified atom stereocenters. The molecule has 3 heterocycles. The molecule has 38 heavy (non-hydrogen) atoms. The number of anilines is 2. The Hall–Kier alpha value is -3.39. The van der Waals surface area contributed by atoms with Crippen LogP contribution in [-0.2, 0) is 17.5 Å². The van der Waals surface area contributed by atoms with E-state index >= 15 is 0 Å². The lowest BCUT2D eigenvalue weighted by Gasteiger charge is -2.39. The number of carbonyl (C=O) groups excluding carboxylic acids is 1. The first kappa shape index (κ1) is 26.2. The zero-order valence-electron chi connectivity index (χ0n) is 21.8. The van der Waals surface area contributed by atoms with Crippen molar-refractivity contribution in [2.24, 2.45) is 0 Å². The van der Waals surface area contributed by atoms with Crippen molar-refractivity contribution in [3.8, 4) is 11.1 Å². The molecule has 2 aromatic carbocycles. The van der Waals surface area contributed by atoms with Gasteiger partial charge in [-0.25, -0.2) is 4.98 Å². The number of hydrogen-bond acceptors (Lipinski definition) is 4. The zero-order chi connectivity index (χ0) is 26.9. The maximum absolute atomic E-state index is 13.0. The van der Waals surface area contributed by atoms with Gasteiger partial charge in [0.15, 0.2) is 0 Å². The van der Waals surface area contributed by atoms with Crippen molar-refractivity contribution in [2.75, 3.05) is 23.3 Å². The first-order valence-electron chi connectivity index (χ1n) is 13.2. The second-order valence-corrected chi connectivity index (χ2v) is 10.4. The van der Waals surface area contributed by atoms with Gasteiger partial charge in [0, 0.05) is 31.4 Å². The van der Waals surface area contributed by atoms with Crippen molar-refractivity contribution in [1.29, 1.82) is 0 Å². The molecular formula is C30H33F3N4O. The van der Waals surface area contributed by atoms with E-state index in [0.29, 0.717) is 12.2 Å². The summed E-state index contributed by atoms with van der Waals surface area (Å²) >= 11 is 0. The first-order valence-corrected chi connectivity index (χ1v) is 13.2. The predicted octanol–water partition coefficient (Wildman–Crippen LogP) is 7.05. The zero-order valence-corrected chi connectivity index (χ0v) is 21.8. The summed E-state index contributed by atoms with van der Waals surface area (Å²) in [6.07, 6.45) is 0.865. The SMILES string of the molecule is CC(=O)N1c2ccc(-c3ccc(CN4CCCCC4)cc3)cc2[C@H](Nc2ccc(C(F)(F)F)cn2)C[C@@H]1C. The summed E-state index contributed by atoms with van der Waals surface area (Å²) in [7, 11) is 0. The molecule has 1 N–H and O–H groups in total. The van der Waals surface area contributed by atoms with E-state index in [4.69, 9.17) is 0 Å². The number of rotatable bonds is 5. The van der Waals surface area contributed by atoms with Gasteiger partial charge in [0.1, 0.15) is 5.82 Å². The molecule has 0 spiro atoms. The van der Waals surface area contributed by atoms with E-state index in [0.717, 1.165) is 54.3 Å². The Balaban J connectivity index is 1.42. The van der Waals surface area contributed by atoms with Crippen LogP contribution >= 0.6 is 0 Å². The smallest absolute Gasteiger partial charge is 0.363 e. The van der Waals surface area contributed by atoms with Crippen molar-refractivity contribution in [3.05, 3.63) is 77.5 Å². The minimum Gasteiger partial charge on any atom is -0.363 e. The molecule has 1 aromatic heterocycles. The maximum atomic E-state index is 13.0. The summed E-state index contributed by atoms with van der Waals surface area (Å²) in [5.74, 6) is 0.324. The Labute approximate surface area is 221 Å². The second-order valence-electron chi connectivity index (χ2n) is 10.4. The van der Waals surface area contributed by atoms with Crippen molar-refractivity contribution >= 4 is 17.4 Å². The Morgan fingerprint density at radius 2 is 1.71 bits per heavy atom. The predicted molar refractivity (Wildman–Crippen MR) is 144 cm³/mol. The van der Waals surface area contributed by atoms with Gasteiger partial charge in [-0.15, -0.1) is 0 Å². The minimum absolute atomic E-state index is 0.0420. The molecule has 3 aromatic rings. The quantitative estimate of drug-likeness (QED) is 0.390. The van der Waals surface area contributed by atoms with Crippen LogP contribution in [0.3, 0.4) is 0 Å². The summed E-state index contributed by atoms with van der Waals surface area (Å²) in [5.41, 5.74) is 4.35. The molecule has 0 saturated carbocycles. The van der Waals surface area contributed by atoms with Gasteiger partial charge in [-0.1, -0.05) is 36.8 Å². The molecule has 2 aliphatic rings. The third-order valence-corrected chi connectivity index (χ3v) is 7.57. The lowest BCUT2D eigenvalue weighted by Crippen LogP contribution is -2.43. The lowest BCUT2D eigenvalue weighted by atomic mass is 9.89. The number of benzene rings is 2. The van der Waals surface area contributed by atoms with Gasteiger partial charge in [-0.05, 0) is 85.8 Å². The van der Waals surface area contributed by atoms with Gasteiger partial charge in [0.25, 0.3) is 0 Å². The second kappa shape index (κ2) is 10.8. The number of alkyl halides is 3. The van der Waals surface area contributed by atoms with E-state index in [-0.39, 0.29) is 18.0 Å². The van der Waals surface area contributed by atoms with Crippen LogP contribution in [0.2, 0.25) is 0 Å². The molecular weight excluding hydrogens is 489 g/mol. The van der Waals surface area contributed by atoms with Gasteiger partial charge in [0.2, 0.25) is 5.91 Å². The average molecular weight is 523 g/mol. The topological polar surface area (TPSA) is 48.5 Å². The molecule has 1 fully saturated rings. The summed E-state index contributed by atoms with van der Waals surface area (Å²) in [6, 6.07) is 16.8. The lowest BCUT2D eigenvalue weighted by molar-refractivity contribution is -0.137. The van der Waals surface area contributed by atoms with Crippen LogP contribution in [0, 0.1) is 0 Å². The number of amides is 1. The van der Waals surface area contributed by atoms with Crippen LogP contribution in [0.15, 0.2) is 60.8 Å². The number of carbonyl (C=O) groups is 1. The largest absolute Gasteiger partial charge is 0.417 e. The number of fused-ring (bicyclic) bond motifs is 1. The fourth-order valence-electron chi connectivity index (χ4n) is 5.66. The summed E-state index contributed by atoms with van der Waals surface area (Å²) in [4.78, 5) is 20.8. The molecule has 1 amide bonds. The van der Waals surface area contributed by atoms with Crippen molar-refractivity contribution in [3.63, 3.8) is 0 Å². The minimum atomic E-state index is -4.43. The van der Waals surface area contributed by atoms with E-state index < -0.39 is 11.7 Å². The van der Waals surface area contributed by atoms with Crippen molar-refractivity contribution in [1.82, 2.24) is 9.88 Å². The van der Waals surface area contributed by atoms with E-state index in [9.17, 15) is 18.0 Å². The monoisotopic (exact) mass is 522 g/mol. The highest BCUT2D eigenvalue weighted by atomic mass is 19.4. The van der Waals surface area contributed by atoms with Gasteiger partial charge in [-0.2, -0.15) is 13.2 Å². The number of nitrogens with zero attached hydrogens (tertiary/aromatic N) is 3. The van der Waals surface area contributed by atoms with E-state index in [1.165, 1.54) is 30.9 Å². The number of aromatic nitrogens is 1. The fraction of sp³-hybridized carbons (Fsp3) is 0.400. The van der Waals surface area contributed by atoms with Gasteiger partial charge in [0.05, 0.1) is 11.6 Å². The Morgan fingerprint density at radius 1 is 1.00 bits per heavy atom. The number of pyridine rings is 1. The molecule has 5 nitrogen and oxygen atoms in total. The molecule has 2 aliphatic heterocycles. The number of nitrogens with one attached hydrogen (secondary N) is 1. The normalized spacial score (nSPS) is 20.2. The Kier molecular flexibility index (Phi) is 7.43. The summed E-state index contributed by atoms with van der Waals surface area (Å²) < 4.78 is 39.0. The van der Waals surface area contributed by atoms with Crippen molar-refractivity contribution < 1.29 is 18.0 Å². The standard InChI is InChI=1S/C30H33F3N4O/c1-20-16-27(35-29-13-11-25(18-34-29)30(31,32)33)26-17-24(10-12-28(26)37(20)21(2)38)23-8-6-22(7-9-23)19-36-14-4-3-5-15-36/h6-13,17-18,20,27H,3-5,14-16,19H2,1-2H3,(H,34,35)/t20-,27+/m0/s1. The van der Waals surface area contributed by atoms with Crippen LogP contribution in [0.25, 0.3) is 11.1 Å². The summed E-state index contributed by atoms with van der Waals surface area (Å²) in [5, 5.41) is 3.32. The van der Waals surface area contributed by atoms with Crippen LogP contribution in [0.5, 0.6) is 0 Å². The van der Waals surface area contributed by atoms with E-state index in [1.807, 2.05) is 19.1 Å².